The first kappa shape index (κ1) is 13.7. The van der Waals surface area contributed by atoms with Crippen molar-refractivity contribution in [2.75, 3.05) is 6.54 Å². The maximum Gasteiger partial charge on any atom is 0.226 e. The summed E-state index contributed by atoms with van der Waals surface area (Å²) in [6.07, 6.45) is 0.790. The van der Waals surface area contributed by atoms with Gasteiger partial charge in [-0.1, -0.05) is 19.0 Å². The molecule has 5 heteroatoms. The first-order valence-corrected chi connectivity index (χ1v) is 5.20. The first-order chi connectivity index (χ1) is 6.93. The summed E-state index contributed by atoms with van der Waals surface area (Å²) in [5.41, 5.74) is 5.40. The van der Waals surface area contributed by atoms with E-state index in [1.165, 1.54) is 0 Å². The summed E-state index contributed by atoms with van der Waals surface area (Å²) in [6, 6.07) is 0.0480. The molecule has 0 aromatic rings. The third-order valence-electron chi connectivity index (χ3n) is 2.40. The van der Waals surface area contributed by atoms with Gasteiger partial charge in [0.1, 0.15) is 0 Å². The van der Waals surface area contributed by atoms with E-state index in [0.29, 0.717) is 0 Å². The molecule has 3 N–H and O–H groups in total. The van der Waals surface area contributed by atoms with E-state index < -0.39 is 0 Å². The number of rotatable bonds is 5. The quantitative estimate of drug-likeness (QED) is 0.311. The lowest BCUT2D eigenvalue weighted by molar-refractivity contribution is -0.135. The van der Waals surface area contributed by atoms with Crippen LogP contribution in [0.4, 0.5) is 0 Å². The Morgan fingerprint density at radius 3 is 2.33 bits per heavy atom. The Labute approximate surface area is 90.9 Å². The van der Waals surface area contributed by atoms with Crippen LogP contribution in [0.15, 0.2) is 5.16 Å². The topological polar surface area (TPSA) is 78.9 Å². The van der Waals surface area contributed by atoms with Gasteiger partial charge in [0.2, 0.25) is 5.91 Å². The number of amides is 1. The lowest BCUT2D eigenvalue weighted by Gasteiger charge is -2.28. The summed E-state index contributed by atoms with van der Waals surface area (Å²) in [5.74, 6) is 0.0679. The molecule has 1 atom stereocenters. The van der Waals surface area contributed by atoms with Crippen molar-refractivity contribution in [2.24, 2.45) is 16.8 Å². The largest absolute Gasteiger partial charge is 0.409 e. The third-order valence-corrected chi connectivity index (χ3v) is 2.40. The van der Waals surface area contributed by atoms with Gasteiger partial charge in [-0.15, -0.1) is 0 Å². The highest BCUT2D eigenvalue weighted by atomic mass is 16.4. The summed E-state index contributed by atoms with van der Waals surface area (Å²) in [6.45, 7) is 7.84. The molecule has 0 aliphatic carbocycles. The number of hydrogen-bond donors (Lipinski definition) is 2. The van der Waals surface area contributed by atoms with Gasteiger partial charge in [0.25, 0.3) is 0 Å². The maximum absolute atomic E-state index is 11.9. The molecule has 0 heterocycles. The maximum atomic E-state index is 11.9. The predicted molar refractivity (Wildman–Crippen MR) is 59.7 cm³/mol. The second-order valence-electron chi connectivity index (χ2n) is 3.96. The van der Waals surface area contributed by atoms with E-state index in [9.17, 15) is 4.79 Å². The highest BCUT2D eigenvalue weighted by molar-refractivity contribution is 5.87. The van der Waals surface area contributed by atoms with Crippen molar-refractivity contribution in [3.05, 3.63) is 0 Å². The van der Waals surface area contributed by atoms with Crippen molar-refractivity contribution >= 4 is 11.7 Å². The molecule has 0 saturated heterocycles. The highest BCUT2D eigenvalue weighted by Gasteiger charge is 2.22. The standard InChI is InChI=1S/C10H21N3O2/c1-5-8(4)10(14)13(7(2)3)6-9(11)12-15/h7-8,15H,5-6H2,1-4H3,(H2,11,12). The Bertz CT molecular complexity index is 239. The summed E-state index contributed by atoms with van der Waals surface area (Å²) in [7, 11) is 0. The van der Waals surface area contributed by atoms with Crippen LogP contribution in [0.25, 0.3) is 0 Å². The van der Waals surface area contributed by atoms with Crippen molar-refractivity contribution in [3.8, 4) is 0 Å². The van der Waals surface area contributed by atoms with Crippen LogP contribution in [0.5, 0.6) is 0 Å². The second-order valence-corrected chi connectivity index (χ2v) is 3.96. The molecule has 0 spiro atoms. The summed E-state index contributed by atoms with van der Waals surface area (Å²) in [5, 5.41) is 11.3. The van der Waals surface area contributed by atoms with Crippen LogP contribution in [-0.2, 0) is 4.79 Å². The minimum atomic E-state index is -0.0288. The molecule has 1 amide bonds. The van der Waals surface area contributed by atoms with Gasteiger partial charge in [-0.25, -0.2) is 0 Å². The van der Waals surface area contributed by atoms with Gasteiger partial charge in [0.15, 0.2) is 5.84 Å². The average Bonchev–Trinajstić information content (AvgIpc) is 2.22. The number of nitrogens with two attached hydrogens (primary N) is 1. The molecule has 15 heavy (non-hydrogen) atoms. The molecule has 0 fully saturated rings. The molecular formula is C10H21N3O2. The molecule has 0 rings (SSSR count). The second kappa shape index (κ2) is 6.27. The molecule has 88 valence electrons. The van der Waals surface area contributed by atoms with Crippen molar-refractivity contribution in [1.82, 2.24) is 4.90 Å². The number of nitrogens with zero attached hydrogens (tertiary/aromatic N) is 2. The molecule has 0 aromatic heterocycles. The molecule has 0 radical (unpaired) electrons. The van der Waals surface area contributed by atoms with Gasteiger partial charge in [0.05, 0.1) is 6.54 Å². The Kier molecular flexibility index (Phi) is 5.74. The number of carbonyl (C=O) groups is 1. The lowest BCUT2D eigenvalue weighted by Crippen LogP contribution is -2.45. The zero-order valence-corrected chi connectivity index (χ0v) is 9.90. The minimum Gasteiger partial charge on any atom is -0.409 e. The van der Waals surface area contributed by atoms with Crippen LogP contribution in [0, 0.1) is 5.92 Å². The van der Waals surface area contributed by atoms with E-state index in [0.717, 1.165) is 6.42 Å². The van der Waals surface area contributed by atoms with E-state index >= 15 is 0 Å². The van der Waals surface area contributed by atoms with Gasteiger partial charge in [-0.2, -0.15) is 0 Å². The van der Waals surface area contributed by atoms with E-state index in [1.54, 1.807) is 4.90 Å². The average molecular weight is 215 g/mol. The van der Waals surface area contributed by atoms with Crippen LogP contribution in [0.2, 0.25) is 0 Å². The minimum absolute atomic E-state index is 0.0288. The lowest BCUT2D eigenvalue weighted by atomic mass is 10.1. The Morgan fingerprint density at radius 2 is 2.00 bits per heavy atom. The fourth-order valence-electron chi connectivity index (χ4n) is 1.18. The fourth-order valence-corrected chi connectivity index (χ4v) is 1.18. The normalized spacial score (nSPS) is 14.1. The van der Waals surface area contributed by atoms with Crippen molar-refractivity contribution < 1.29 is 10.0 Å². The van der Waals surface area contributed by atoms with Gasteiger partial charge in [-0.3, -0.25) is 4.79 Å². The summed E-state index contributed by atoms with van der Waals surface area (Å²) < 4.78 is 0. The van der Waals surface area contributed by atoms with E-state index in [1.807, 2.05) is 27.7 Å². The predicted octanol–water partition coefficient (Wildman–Crippen LogP) is 1.02. The molecule has 0 bridgehead atoms. The molecule has 0 aromatic carbocycles. The van der Waals surface area contributed by atoms with Crippen LogP contribution >= 0.6 is 0 Å². The summed E-state index contributed by atoms with van der Waals surface area (Å²) in [4.78, 5) is 13.5. The fraction of sp³-hybridized carbons (Fsp3) is 0.800. The number of carbonyl (C=O) groups excluding carboxylic acids is 1. The van der Waals surface area contributed by atoms with Gasteiger partial charge >= 0.3 is 0 Å². The number of amidine groups is 1. The first-order valence-electron chi connectivity index (χ1n) is 5.20. The van der Waals surface area contributed by atoms with E-state index in [2.05, 4.69) is 5.16 Å². The van der Waals surface area contributed by atoms with Crippen LogP contribution in [0.1, 0.15) is 34.1 Å². The van der Waals surface area contributed by atoms with E-state index in [-0.39, 0.29) is 30.2 Å². The SMILES string of the molecule is CCC(C)C(=O)N(CC(N)=NO)C(C)C. The van der Waals surface area contributed by atoms with Gasteiger partial charge in [0, 0.05) is 12.0 Å². The number of hydrogen-bond acceptors (Lipinski definition) is 3. The van der Waals surface area contributed by atoms with Crippen LogP contribution in [-0.4, -0.2) is 34.4 Å². The zero-order chi connectivity index (χ0) is 12.0. The van der Waals surface area contributed by atoms with E-state index in [4.69, 9.17) is 10.9 Å². The van der Waals surface area contributed by atoms with Crippen molar-refractivity contribution in [2.45, 2.75) is 40.2 Å². The van der Waals surface area contributed by atoms with Crippen LogP contribution < -0.4 is 5.73 Å². The highest BCUT2D eigenvalue weighted by Crippen LogP contribution is 2.09. The Morgan fingerprint density at radius 1 is 1.47 bits per heavy atom. The molecule has 0 aliphatic heterocycles. The van der Waals surface area contributed by atoms with Crippen LogP contribution in [0.3, 0.4) is 0 Å². The molecule has 0 saturated carbocycles. The molecule has 1 unspecified atom stereocenters. The van der Waals surface area contributed by atoms with Gasteiger partial charge < -0.3 is 15.8 Å². The Hall–Kier alpha value is -1.26. The zero-order valence-electron chi connectivity index (χ0n) is 9.90. The molecule has 5 nitrogen and oxygen atoms in total. The van der Waals surface area contributed by atoms with Gasteiger partial charge in [-0.05, 0) is 20.3 Å². The number of oxime groups is 1. The molecule has 0 aliphatic rings. The van der Waals surface area contributed by atoms with Crippen molar-refractivity contribution in [3.63, 3.8) is 0 Å². The Balaban J connectivity index is 4.60. The van der Waals surface area contributed by atoms with Crippen molar-refractivity contribution in [1.29, 1.82) is 0 Å². The summed E-state index contributed by atoms with van der Waals surface area (Å²) >= 11 is 0. The molecular weight excluding hydrogens is 194 g/mol. The smallest absolute Gasteiger partial charge is 0.226 e. The third kappa shape index (κ3) is 4.18. The monoisotopic (exact) mass is 215 g/mol.